The number of urea groups is 1. The van der Waals surface area contributed by atoms with Crippen molar-refractivity contribution in [3.8, 4) is 0 Å². The molecule has 1 aromatic carbocycles. The van der Waals surface area contributed by atoms with Gasteiger partial charge in [-0.2, -0.15) is 18.3 Å². The van der Waals surface area contributed by atoms with Gasteiger partial charge in [0.15, 0.2) is 10.8 Å². The molecule has 3 aromatic heterocycles. The van der Waals surface area contributed by atoms with Crippen LogP contribution in [-0.2, 0) is 19.3 Å². The highest BCUT2D eigenvalue weighted by Crippen LogP contribution is 2.34. The maximum absolute atomic E-state index is 12.8. The molecule has 0 unspecified atom stereocenters. The summed E-state index contributed by atoms with van der Waals surface area (Å²) < 4.78 is 41.7. The third-order valence-corrected chi connectivity index (χ3v) is 6.23. The van der Waals surface area contributed by atoms with Gasteiger partial charge in [-0.3, -0.25) is 10.00 Å². The summed E-state index contributed by atoms with van der Waals surface area (Å²) >= 11 is 2.85. The van der Waals surface area contributed by atoms with Crippen molar-refractivity contribution in [2.45, 2.75) is 19.3 Å². The molecule has 0 aliphatic carbocycles. The van der Waals surface area contributed by atoms with Gasteiger partial charge in [-0.1, -0.05) is 11.3 Å². The Balaban J connectivity index is 1.36. The van der Waals surface area contributed by atoms with E-state index in [-0.39, 0.29) is 19.6 Å². The summed E-state index contributed by atoms with van der Waals surface area (Å²) in [5.74, 6) is 0. The molecule has 1 aliphatic heterocycles. The van der Waals surface area contributed by atoms with Gasteiger partial charge in [-0.25, -0.2) is 14.8 Å². The number of nitrogens with one attached hydrogen (secondary N) is 1. The highest BCUT2D eigenvalue weighted by molar-refractivity contribution is 7.24. The lowest BCUT2D eigenvalue weighted by molar-refractivity contribution is -0.141. The first-order chi connectivity index (χ1) is 13.4. The number of benzene rings is 1. The Morgan fingerprint density at radius 2 is 2.11 bits per heavy atom. The van der Waals surface area contributed by atoms with Crippen LogP contribution in [0.5, 0.6) is 0 Å². The van der Waals surface area contributed by atoms with Gasteiger partial charge < -0.3 is 4.90 Å². The van der Waals surface area contributed by atoms with Crippen LogP contribution in [0.2, 0.25) is 0 Å². The minimum Gasteiger partial charge on any atom is -0.317 e. The van der Waals surface area contributed by atoms with E-state index in [1.54, 1.807) is 5.51 Å². The van der Waals surface area contributed by atoms with Gasteiger partial charge in [-0.05, 0) is 18.2 Å². The number of carbonyl (C=O) groups excluding carboxylic acids is 1. The summed E-state index contributed by atoms with van der Waals surface area (Å²) in [4.78, 5) is 22.8. The van der Waals surface area contributed by atoms with Crippen molar-refractivity contribution in [2.24, 2.45) is 0 Å². The molecular formula is C16H11F3N6OS2. The van der Waals surface area contributed by atoms with Gasteiger partial charge in [0.05, 0.1) is 39.2 Å². The van der Waals surface area contributed by atoms with Crippen LogP contribution in [-0.4, -0.2) is 37.2 Å². The number of nitrogens with zero attached hydrogens (tertiary/aromatic N) is 5. The van der Waals surface area contributed by atoms with E-state index in [0.717, 1.165) is 26.5 Å². The maximum Gasteiger partial charge on any atom is 0.435 e. The molecule has 7 nitrogen and oxygen atoms in total. The third-order valence-electron chi connectivity index (χ3n) is 4.45. The number of halogens is 3. The Morgan fingerprint density at radius 1 is 1.25 bits per heavy atom. The summed E-state index contributed by atoms with van der Waals surface area (Å²) in [7, 11) is 0. The average molecular weight is 424 g/mol. The van der Waals surface area contributed by atoms with Crippen LogP contribution in [0.4, 0.5) is 23.1 Å². The number of amides is 2. The second-order valence-electron chi connectivity index (χ2n) is 6.23. The maximum atomic E-state index is 12.8. The number of hydrogen-bond donors (Lipinski definition) is 1. The second-order valence-corrected chi connectivity index (χ2v) is 8.11. The van der Waals surface area contributed by atoms with Crippen molar-refractivity contribution in [1.29, 1.82) is 0 Å². The molecule has 1 N–H and O–H groups in total. The molecule has 4 heterocycles. The molecule has 2 amide bonds. The number of anilines is 1. The van der Waals surface area contributed by atoms with Crippen LogP contribution in [0, 0.1) is 0 Å². The van der Waals surface area contributed by atoms with Gasteiger partial charge in [-0.15, -0.1) is 11.3 Å². The Labute approximate surface area is 163 Å². The highest BCUT2D eigenvalue weighted by atomic mass is 32.1. The molecule has 0 atom stereocenters. The van der Waals surface area contributed by atoms with Gasteiger partial charge >= 0.3 is 12.2 Å². The van der Waals surface area contributed by atoms with E-state index in [1.165, 1.54) is 32.3 Å². The predicted molar refractivity (Wildman–Crippen MR) is 99.5 cm³/mol. The van der Waals surface area contributed by atoms with Crippen molar-refractivity contribution >= 4 is 54.3 Å². The topological polar surface area (TPSA) is 75.9 Å². The lowest BCUT2D eigenvalue weighted by Crippen LogP contribution is -2.40. The van der Waals surface area contributed by atoms with E-state index in [9.17, 15) is 18.0 Å². The van der Waals surface area contributed by atoms with Crippen molar-refractivity contribution in [3.05, 3.63) is 35.1 Å². The lowest BCUT2D eigenvalue weighted by atomic mass is 10.3. The fourth-order valence-corrected chi connectivity index (χ4v) is 4.82. The Hall–Kier alpha value is -2.73. The van der Waals surface area contributed by atoms with E-state index >= 15 is 0 Å². The zero-order chi connectivity index (χ0) is 19.5. The first-order valence-corrected chi connectivity index (χ1v) is 9.91. The molecule has 1 aliphatic rings. The van der Waals surface area contributed by atoms with E-state index < -0.39 is 17.9 Å². The molecule has 0 saturated carbocycles. The number of carbonyl (C=O) groups is 1. The molecule has 0 fully saturated rings. The molecular weight excluding hydrogens is 413 g/mol. The van der Waals surface area contributed by atoms with Crippen LogP contribution in [0.25, 0.3) is 20.4 Å². The minimum atomic E-state index is -4.50. The van der Waals surface area contributed by atoms with Gasteiger partial charge in [0.1, 0.15) is 5.52 Å². The van der Waals surface area contributed by atoms with E-state index in [2.05, 4.69) is 20.4 Å². The van der Waals surface area contributed by atoms with E-state index in [0.29, 0.717) is 10.8 Å². The lowest BCUT2D eigenvalue weighted by Gasteiger charge is -2.27. The molecule has 144 valence electrons. The summed E-state index contributed by atoms with van der Waals surface area (Å²) in [5.41, 5.74) is 2.76. The Kier molecular flexibility index (Phi) is 3.81. The van der Waals surface area contributed by atoms with Crippen LogP contribution in [0.3, 0.4) is 0 Å². The van der Waals surface area contributed by atoms with Crippen molar-refractivity contribution in [1.82, 2.24) is 24.6 Å². The Bertz CT molecular complexity index is 1210. The molecule has 0 saturated heterocycles. The summed E-state index contributed by atoms with van der Waals surface area (Å²) in [5, 5.41) is 6.74. The molecule has 28 heavy (non-hydrogen) atoms. The second kappa shape index (κ2) is 6.14. The summed E-state index contributed by atoms with van der Waals surface area (Å²) in [6.45, 7) is 0.521. The molecule has 0 spiro atoms. The van der Waals surface area contributed by atoms with Crippen LogP contribution in [0.1, 0.15) is 11.4 Å². The monoisotopic (exact) mass is 424 g/mol. The quantitative estimate of drug-likeness (QED) is 0.498. The van der Waals surface area contributed by atoms with Gasteiger partial charge in [0, 0.05) is 6.54 Å². The fraction of sp³-hybridized carbons (Fsp3) is 0.250. The zero-order valence-electron chi connectivity index (χ0n) is 14.0. The molecule has 4 aromatic rings. The van der Waals surface area contributed by atoms with Crippen molar-refractivity contribution in [2.75, 3.05) is 11.9 Å². The number of hydrogen-bond acceptors (Lipinski definition) is 6. The normalized spacial score (nSPS) is 14.6. The SMILES string of the molecule is O=C(Nc1nc2ccc3scnc3c2s1)N1CCn2nc(C(F)(F)F)cc2C1. The standard InChI is InChI=1S/C16H11F3N6OS2/c17-16(18,19)11-5-8-6-24(3-4-25(8)23-11)15(26)22-14-21-9-1-2-10-12(13(9)28-14)20-7-27-10/h1-2,5,7H,3-4,6H2,(H,21,22,26). The largest absolute Gasteiger partial charge is 0.435 e. The average Bonchev–Trinajstić information content (AvgIpc) is 3.36. The first kappa shape index (κ1) is 17.4. The van der Waals surface area contributed by atoms with Crippen LogP contribution >= 0.6 is 22.7 Å². The number of rotatable bonds is 1. The molecule has 12 heteroatoms. The van der Waals surface area contributed by atoms with Gasteiger partial charge in [0.2, 0.25) is 0 Å². The summed E-state index contributed by atoms with van der Waals surface area (Å²) in [6.07, 6.45) is -4.50. The zero-order valence-corrected chi connectivity index (χ0v) is 15.7. The Morgan fingerprint density at radius 3 is 2.93 bits per heavy atom. The number of alkyl halides is 3. The van der Waals surface area contributed by atoms with Crippen LogP contribution < -0.4 is 5.32 Å². The third kappa shape index (κ3) is 2.88. The van der Waals surface area contributed by atoms with E-state index in [1.807, 2.05) is 12.1 Å². The van der Waals surface area contributed by atoms with Crippen LogP contribution in [0.15, 0.2) is 23.7 Å². The smallest absolute Gasteiger partial charge is 0.317 e. The first-order valence-electron chi connectivity index (χ1n) is 8.21. The predicted octanol–water partition coefficient (Wildman–Crippen LogP) is 4.17. The molecule has 0 radical (unpaired) electrons. The molecule has 5 rings (SSSR count). The minimum absolute atomic E-state index is 0.0517. The number of fused-ring (bicyclic) bond motifs is 4. The molecule has 0 bridgehead atoms. The fourth-order valence-electron chi connectivity index (χ4n) is 3.12. The highest BCUT2D eigenvalue weighted by Gasteiger charge is 2.36. The van der Waals surface area contributed by atoms with E-state index in [4.69, 9.17) is 0 Å². The van der Waals surface area contributed by atoms with Crippen molar-refractivity contribution < 1.29 is 18.0 Å². The van der Waals surface area contributed by atoms with Gasteiger partial charge in [0.25, 0.3) is 0 Å². The number of thiazole rings is 2. The van der Waals surface area contributed by atoms with Crippen molar-refractivity contribution in [3.63, 3.8) is 0 Å². The summed E-state index contributed by atoms with van der Waals surface area (Å²) in [6, 6.07) is 4.38. The number of aromatic nitrogens is 4.